The number of rotatable bonds is 6. The SMILES string of the molecule is CCC(CCO)NCc1cc(C)ccc1C. The molecule has 0 saturated carbocycles. The summed E-state index contributed by atoms with van der Waals surface area (Å²) in [6, 6.07) is 6.96. The number of aryl methyl sites for hydroxylation is 2. The molecule has 2 heteroatoms. The Morgan fingerprint density at radius 1 is 1.31 bits per heavy atom. The van der Waals surface area contributed by atoms with Gasteiger partial charge in [0.05, 0.1) is 0 Å². The van der Waals surface area contributed by atoms with E-state index in [-0.39, 0.29) is 6.61 Å². The maximum absolute atomic E-state index is 8.92. The summed E-state index contributed by atoms with van der Waals surface area (Å²) in [6.45, 7) is 7.57. The molecule has 1 aromatic carbocycles. The summed E-state index contributed by atoms with van der Waals surface area (Å²) in [6.07, 6.45) is 1.90. The Morgan fingerprint density at radius 2 is 2.06 bits per heavy atom. The molecular weight excluding hydrogens is 198 g/mol. The summed E-state index contributed by atoms with van der Waals surface area (Å²) >= 11 is 0. The summed E-state index contributed by atoms with van der Waals surface area (Å²) in [4.78, 5) is 0. The predicted octanol–water partition coefficient (Wildman–Crippen LogP) is 2.55. The Bertz CT molecular complexity index is 323. The first-order valence-corrected chi connectivity index (χ1v) is 6.07. The van der Waals surface area contributed by atoms with Gasteiger partial charge in [-0.15, -0.1) is 0 Å². The van der Waals surface area contributed by atoms with Gasteiger partial charge in [-0.25, -0.2) is 0 Å². The molecule has 0 aliphatic heterocycles. The van der Waals surface area contributed by atoms with E-state index < -0.39 is 0 Å². The minimum Gasteiger partial charge on any atom is -0.396 e. The van der Waals surface area contributed by atoms with Crippen molar-refractivity contribution in [2.24, 2.45) is 0 Å². The zero-order chi connectivity index (χ0) is 12.0. The van der Waals surface area contributed by atoms with Crippen LogP contribution in [0.5, 0.6) is 0 Å². The topological polar surface area (TPSA) is 32.3 Å². The van der Waals surface area contributed by atoms with Gasteiger partial charge in [-0.3, -0.25) is 0 Å². The Hall–Kier alpha value is -0.860. The van der Waals surface area contributed by atoms with Gasteiger partial charge in [0.2, 0.25) is 0 Å². The average molecular weight is 221 g/mol. The van der Waals surface area contributed by atoms with Crippen molar-refractivity contribution in [3.05, 3.63) is 34.9 Å². The van der Waals surface area contributed by atoms with Crippen LogP contribution >= 0.6 is 0 Å². The lowest BCUT2D eigenvalue weighted by atomic mass is 10.0. The molecule has 2 nitrogen and oxygen atoms in total. The number of hydrogen-bond donors (Lipinski definition) is 2. The van der Waals surface area contributed by atoms with E-state index >= 15 is 0 Å². The maximum atomic E-state index is 8.92. The maximum Gasteiger partial charge on any atom is 0.0445 e. The molecule has 2 N–H and O–H groups in total. The van der Waals surface area contributed by atoms with Crippen LogP contribution in [0.25, 0.3) is 0 Å². The first-order chi connectivity index (χ1) is 7.67. The zero-order valence-corrected chi connectivity index (χ0v) is 10.6. The van der Waals surface area contributed by atoms with Crippen molar-refractivity contribution < 1.29 is 5.11 Å². The quantitative estimate of drug-likeness (QED) is 0.773. The van der Waals surface area contributed by atoms with Gasteiger partial charge in [0, 0.05) is 19.2 Å². The minimum atomic E-state index is 0.262. The van der Waals surface area contributed by atoms with E-state index in [0.29, 0.717) is 6.04 Å². The van der Waals surface area contributed by atoms with Crippen LogP contribution in [0.4, 0.5) is 0 Å². The van der Waals surface area contributed by atoms with Crippen LogP contribution in [-0.2, 0) is 6.54 Å². The molecule has 0 bridgehead atoms. The molecule has 0 radical (unpaired) electrons. The molecular formula is C14H23NO. The third-order valence-corrected chi connectivity index (χ3v) is 3.06. The lowest BCUT2D eigenvalue weighted by molar-refractivity contribution is 0.262. The van der Waals surface area contributed by atoms with Crippen molar-refractivity contribution in [3.63, 3.8) is 0 Å². The molecule has 0 fully saturated rings. The number of hydrogen-bond acceptors (Lipinski definition) is 2. The molecule has 0 saturated heterocycles. The van der Waals surface area contributed by atoms with Gasteiger partial charge in [0.15, 0.2) is 0 Å². The van der Waals surface area contributed by atoms with Gasteiger partial charge in [-0.2, -0.15) is 0 Å². The second-order valence-corrected chi connectivity index (χ2v) is 4.43. The highest BCUT2D eigenvalue weighted by molar-refractivity contribution is 5.30. The second-order valence-electron chi connectivity index (χ2n) is 4.43. The van der Waals surface area contributed by atoms with Crippen LogP contribution in [-0.4, -0.2) is 17.8 Å². The van der Waals surface area contributed by atoms with Gasteiger partial charge in [-0.1, -0.05) is 30.7 Å². The van der Waals surface area contributed by atoms with E-state index in [4.69, 9.17) is 5.11 Å². The lowest BCUT2D eigenvalue weighted by Gasteiger charge is -2.17. The standard InChI is InChI=1S/C14H23NO/c1-4-14(7-8-16)15-10-13-9-11(2)5-6-12(13)3/h5-6,9,14-16H,4,7-8,10H2,1-3H3. The van der Waals surface area contributed by atoms with Crippen LogP contribution in [0.2, 0.25) is 0 Å². The molecule has 1 unspecified atom stereocenters. The highest BCUT2D eigenvalue weighted by Crippen LogP contribution is 2.11. The van der Waals surface area contributed by atoms with Gasteiger partial charge in [-0.05, 0) is 37.8 Å². The summed E-state index contributed by atoms with van der Waals surface area (Å²) in [5.41, 5.74) is 3.99. The first-order valence-electron chi connectivity index (χ1n) is 6.07. The molecule has 0 aromatic heterocycles. The normalized spacial score (nSPS) is 12.8. The van der Waals surface area contributed by atoms with Gasteiger partial charge >= 0.3 is 0 Å². The van der Waals surface area contributed by atoms with Crippen LogP contribution in [0.15, 0.2) is 18.2 Å². The Morgan fingerprint density at radius 3 is 2.69 bits per heavy atom. The molecule has 0 aliphatic rings. The van der Waals surface area contributed by atoms with Gasteiger partial charge < -0.3 is 10.4 Å². The van der Waals surface area contributed by atoms with E-state index in [0.717, 1.165) is 19.4 Å². The summed E-state index contributed by atoms with van der Waals surface area (Å²) in [5.74, 6) is 0. The molecule has 0 heterocycles. The Balaban J connectivity index is 2.55. The van der Waals surface area contributed by atoms with Crippen molar-refractivity contribution in [1.29, 1.82) is 0 Å². The average Bonchev–Trinajstić information content (AvgIpc) is 2.28. The highest BCUT2D eigenvalue weighted by Gasteiger charge is 2.05. The largest absolute Gasteiger partial charge is 0.396 e. The van der Waals surface area contributed by atoms with Crippen molar-refractivity contribution in [3.8, 4) is 0 Å². The van der Waals surface area contributed by atoms with E-state index in [2.05, 4.69) is 44.3 Å². The Kier molecular flexibility index (Phi) is 5.50. The molecule has 0 spiro atoms. The first kappa shape index (κ1) is 13.2. The summed E-state index contributed by atoms with van der Waals surface area (Å²) in [7, 11) is 0. The number of nitrogens with one attached hydrogen (secondary N) is 1. The molecule has 1 aromatic rings. The third-order valence-electron chi connectivity index (χ3n) is 3.06. The highest BCUT2D eigenvalue weighted by atomic mass is 16.3. The zero-order valence-electron chi connectivity index (χ0n) is 10.6. The van der Waals surface area contributed by atoms with Crippen molar-refractivity contribution in [2.45, 2.75) is 46.2 Å². The number of aliphatic hydroxyl groups excluding tert-OH is 1. The fraction of sp³-hybridized carbons (Fsp3) is 0.571. The third kappa shape index (κ3) is 3.95. The molecule has 0 amide bonds. The fourth-order valence-corrected chi connectivity index (χ4v) is 1.85. The van der Waals surface area contributed by atoms with Gasteiger partial charge in [0.1, 0.15) is 0 Å². The van der Waals surface area contributed by atoms with Crippen LogP contribution < -0.4 is 5.32 Å². The van der Waals surface area contributed by atoms with E-state index in [1.54, 1.807) is 0 Å². The Labute approximate surface area is 98.7 Å². The smallest absolute Gasteiger partial charge is 0.0445 e. The monoisotopic (exact) mass is 221 g/mol. The van der Waals surface area contributed by atoms with Crippen molar-refractivity contribution in [1.82, 2.24) is 5.32 Å². The molecule has 0 aliphatic carbocycles. The number of benzene rings is 1. The van der Waals surface area contributed by atoms with Crippen LogP contribution in [0.3, 0.4) is 0 Å². The lowest BCUT2D eigenvalue weighted by Crippen LogP contribution is -2.29. The van der Waals surface area contributed by atoms with Crippen molar-refractivity contribution >= 4 is 0 Å². The van der Waals surface area contributed by atoms with Gasteiger partial charge in [0.25, 0.3) is 0 Å². The minimum absolute atomic E-state index is 0.262. The molecule has 90 valence electrons. The van der Waals surface area contributed by atoms with Crippen molar-refractivity contribution in [2.75, 3.05) is 6.61 Å². The molecule has 16 heavy (non-hydrogen) atoms. The molecule has 1 atom stereocenters. The summed E-state index contributed by atoms with van der Waals surface area (Å²) in [5, 5.41) is 12.4. The van der Waals surface area contributed by atoms with E-state index in [1.807, 2.05) is 0 Å². The second kappa shape index (κ2) is 6.66. The van der Waals surface area contributed by atoms with Crippen LogP contribution in [0, 0.1) is 13.8 Å². The van der Waals surface area contributed by atoms with E-state index in [1.165, 1.54) is 16.7 Å². The summed E-state index contributed by atoms with van der Waals surface area (Å²) < 4.78 is 0. The predicted molar refractivity (Wildman–Crippen MR) is 68.5 cm³/mol. The van der Waals surface area contributed by atoms with E-state index in [9.17, 15) is 0 Å². The fourth-order valence-electron chi connectivity index (χ4n) is 1.85. The number of aliphatic hydroxyl groups is 1. The molecule has 1 rings (SSSR count). The van der Waals surface area contributed by atoms with Crippen LogP contribution in [0.1, 0.15) is 36.5 Å².